The van der Waals surface area contributed by atoms with Gasteiger partial charge in [0.2, 0.25) is 0 Å². The SMILES string of the molecule is Cc1cc(-c2cnc([Si](C(C)C)(C(C)C)C(C)C)o2)n2nccc2c1. The molecular formula is C20H29N3OSi. The van der Waals surface area contributed by atoms with Gasteiger partial charge in [0.1, 0.15) is 5.69 Å². The minimum Gasteiger partial charge on any atom is -0.444 e. The second-order valence-corrected chi connectivity index (χ2v) is 13.8. The van der Waals surface area contributed by atoms with E-state index >= 15 is 0 Å². The van der Waals surface area contributed by atoms with E-state index in [9.17, 15) is 0 Å². The normalized spacial score (nSPS) is 12.9. The van der Waals surface area contributed by atoms with Gasteiger partial charge in [0.15, 0.2) is 19.3 Å². The summed E-state index contributed by atoms with van der Waals surface area (Å²) in [7, 11) is -1.89. The van der Waals surface area contributed by atoms with Crippen molar-refractivity contribution in [2.45, 2.75) is 65.1 Å². The molecule has 0 fully saturated rings. The predicted octanol–water partition coefficient (Wildman–Crippen LogP) is 5.18. The van der Waals surface area contributed by atoms with E-state index in [-0.39, 0.29) is 0 Å². The summed E-state index contributed by atoms with van der Waals surface area (Å²) in [6.45, 7) is 16.1. The van der Waals surface area contributed by atoms with Gasteiger partial charge >= 0.3 is 0 Å². The largest absolute Gasteiger partial charge is 0.444 e. The zero-order valence-corrected chi connectivity index (χ0v) is 17.4. The highest BCUT2D eigenvalue weighted by atomic mass is 28.3. The second-order valence-electron chi connectivity index (χ2n) is 8.01. The van der Waals surface area contributed by atoms with Crippen LogP contribution in [0.5, 0.6) is 0 Å². The smallest absolute Gasteiger partial charge is 0.172 e. The standard InChI is InChI=1S/C20H29N3OSi/c1-13(2)25(14(3)4,15(5)6)20-21-12-19(24-20)18-11-16(7)10-17-8-9-22-23(17)18/h8-15H,1-7H3. The van der Waals surface area contributed by atoms with E-state index in [1.807, 2.05) is 23.0 Å². The van der Waals surface area contributed by atoms with Crippen LogP contribution in [0.1, 0.15) is 47.1 Å². The topological polar surface area (TPSA) is 43.3 Å². The van der Waals surface area contributed by atoms with Gasteiger partial charge in [-0.2, -0.15) is 5.10 Å². The van der Waals surface area contributed by atoms with Crippen molar-refractivity contribution in [3.05, 3.63) is 36.2 Å². The number of hydrogen-bond donors (Lipinski definition) is 0. The minimum atomic E-state index is -1.89. The predicted molar refractivity (Wildman–Crippen MR) is 106 cm³/mol. The fourth-order valence-corrected chi connectivity index (χ4v) is 10.7. The van der Waals surface area contributed by atoms with Crippen molar-refractivity contribution >= 4 is 19.1 Å². The van der Waals surface area contributed by atoms with Crippen molar-refractivity contribution < 1.29 is 4.42 Å². The molecule has 3 aromatic heterocycles. The molecule has 0 aliphatic heterocycles. The first-order valence-electron chi connectivity index (χ1n) is 9.19. The number of fused-ring (bicyclic) bond motifs is 1. The monoisotopic (exact) mass is 355 g/mol. The lowest BCUT2D eigenvalue weighted by Crippen LogP contribution is -2.56. The summed E-state index contributed by atoms with van der Waals surface area (Å²) in [5.74, 6) is 0.811. The average molecular weight is 356 g/mol. The van der Waals surface area contributed by atoms with Crippen LogP contribution in [-0.2, 0) is 0 Å². The molecule has 0 radical (unpaired) electrons. The van der Waals surface area contributed by atoms with Gasteiger partial charge in [-0.05, 0) is 47.3 Å². The van der Waals surface area contributed by atoms with Crippen LogP contribution in [0, 0.1) is 6.92 Å². The number of oxazole rings is 1. The lowest BCUT2D eigenvalue weighted by molar-refractivity contribution is 0.589. The molecule has 0 amide bonds. The Morgan fingerprint density at radius 1 is 1.00 bits per heavy atom. The first-order chi connectivity index (χ1) is 11.8. The summed E-state index contributed by atoms with van der Waals surface area (Å²) < 4.78 is 8.37. The van der Waals surface area contributed by atoms with E-state index in [4.69, 9.17) is 9.40 Å². The Hall–Kier alpha value is -1.88. The van der Waals surface area contributed by atoms with Crippen molar-refractivity contribution in [2.24, 2.45) is 0 Å². The maximum Gasteiger partial charge on any atom is 0.172 e. The van der Waals surface area contributed by atoms with Gasteiger partial charge in [0.05, 0.1) is 17.9 Å². The molecule has 3 aromatic rings. The molecule has 0 atom stereocenters. The number of nitrogens with zero attached hydrogens (tertiary/aromatic N) is 3. The second kappa shape index (κ2) is 6.45. The maximum absolute atomic E-state index is 6.44. The lowest BCUT2D eigenvalue weighted by Gasteiger charge is -2.39. The van der Waals surface area contributed by atoms with Crippen LogP contribution in [0.4, 0.5) is 0 Å². The maximum atomic E-state index is 6.44. The summed E-state index contributed by atoms with van der Waals surface area (Å²) in [4.78, 5) is 4.80. The highest BCUT2D eigenvalue weighted by Gasteiger charge is 2.49. The molecule has 0 bridgehead atoms. The van der Waals surface area contributed by atoms with Gasteiger partial charge in [0, 0.05) is 0 Å². The molecule has 0 aliphatic carbocycles. The summed E-state index contributed by atoms with van der Waals surface area (Å²) in [5, 5.41) is 4.45. The van der Waals surface area contributed by atoms with E-state index in [2.05, 4.69) is 65.7 Å². The molecule has 0 unspecified atom stereocenters. The van der Waals surface area contributed by atoms with Crippen LogP contribution in [0.3, 0.4) is 0 Å². The van der Waals surface area contributed by atoms with Crippen LogP contribution in [-0.4, -0.2) is 22.7 Å². The first-order valence-corrected chi connectivity index (χ1v) is 11.4. The molecule has 25 heavy (non-hydrogen) atoms. The van der Waals surface area contributed by atoms with Crippen molar-refractivity contribution in [3.8, 4) is 11.5 Å². The third-order valence-corrected chi connectivity index (χ3v) is 12.3. The molecule has 0 saturated carbocycles. The van der Waals surface area contributed by atoms with Crippen LogP contribution in [0.15, 0.2) is 35.0 Å². The van der Waals surface area contributed by atoms with Crippen LogP contribution >= 0.6 is 0 Å². The quantitative estimate of drug-likeness (QED) is 0.592. The zero-order valence-electron chi connectivity index (χ0n) is 16.4. The lowest BCUT2D eigenvalue weighted by atomic mass is 10.2. The third kappa shape index (κ3) is 2.74. The van der Waals surface area contributed by atoms with E-state index in [0.717, 1.165) is 22.5 Å². The number of hydrogen-bond acceptors (Lipinski definition) is 3. The molecule has 5 heteroatoms. The van der Waals surface area contributed by atoms with Crippen molar-refractivity contribution in [3.63, 3.8) is 0 Å². The first kappa shape index (κ1) is 17.9. The van der Waals surface area contributed by atoms with E-state index in [1.54, 1.807) is 0 Å². The minimum absolute atomic E-state index is 0.571. The van der Waals surface area contributed by atoms with Gasteiger partial charge in [0.25, 0.3) is 0 Å². The number of aromatic nitrogens is 3. The molecule has 0 N–H and O–H groups in total. The molecule has 4 nitrogen and oxygen atoms in total. The van der Waals surface area contributed by atoms with E-state index < -0.39 is 8.07 Å². The van der Waals surface area contributed by atoms with Crippen molar-refractivity contribution in [1.82, 2.24) is 14.6 Å². The van der Waals surface area contributed by atoms with E-state index in [0.29, 0.717) is 16.6 Å². The summed E-state index contributed by atoms with van der Waals surface area (Å²) in [6.07, 6.45) is 3.71. The molecule has 3 heterocycles. The Morgan fingerprint density at radius 2 is 1.64 bits per heavy atom. The Kier molecular flexibility index (Phi) is 4.62. The molecule has 3 rings (SSSR count). The molecular weight excluding hydrogens is 326 g/mol. The fraction of sp³-hybridized carbons (Fsp3) is 0.500. The Bertz CT molecular complexity index is 854. The fourth-order valence-electron chi connectivity index (χ4n) is 4.68. The van der Waals surface area contributed by atoms with Gasteiger partial charge in [-0.25, -0.2) is 9.50 Å². The average Bonchev–Trinajstić information content (AvgIpc) is 3.14. The molecule has 0 saturated heterocycles. The number of pyridine rings is 1. The van der Waals surface area contributed by atoms with Gasteiger partial charge < -0.3 is 4.42 Å². The van der Waals surface area contributed by atoms with Gasteiger partial charge in [-0.1, -0.05) is 41.5 Å². The molecule has 0 aromatic carbocycles. The Balaban J connectivity index is 2.17. The van der Waals surface area contributed by atoms with Crippen LogP contribution < -0.4 is 5.51 Å². The van der Waals surface area contributed by atoms with E-state index in [1.165, 1.54) is 5.56 Å². The number of rotatable bonds is 5. The Morgan fingerprint density at radius 3 is 2.24 bits per heavy atom. The van der Waals surface area contributed by atoms with Gasteiger partial charge in [-0.3, -0.25) is 0 Å². The van der Waals surface area contributed by atoms with Crippen LogP contribution in [0.25, 0.3) is 17.0 Å². The van der Waals surface area contributed by atoms with Crippen molar-refractivity contribution in [2.75, 3.05) is 0 Å². The molecule has 0 aliphatic rings. The third-order valence-electron chi connectivity index (χ3n) is 5.63. The van der Waals surface area contributed by atoms with Crippen LogP contribution in [0.2, 0.25) is 16.6 Å². The molecule has 0 spiro atoms. The summed E-state index contributed by atoms with van der Waals surface area (Å²) >= 11 is 0. The summed E-state index contributed by atoms with van der Waals surface area (Å²) in [6, 6.07) is 6.26. The summed E-state index contributed by atoms with van der Waals surface area (Å²) in [5.41, 5.74) is 5.93. The highest BCUT2D eigenvalue weighted by molar-refractivity contribution is 6.93. The highest BCUT2D eigenvalue weighted by Crippen LogP contribution is 2.41. The number of aryl methyl sites for hydroxylation is 1. The van der Waals surface area contributed by atoms with Crippen molar-refractivity contribution in [1.29, 1.82) is 0 Å². The molecule has 134 valence electrons. The zero-order chi connectivity index (χ0) is 18.4. The Labute approximate surface area is 151 Å². The van der Waals surface area contributed by atoms with Gasteiger partial charge in [-0.15, -0.1) is 0 Å².